The molecule has 6 N–H and O–H groups in total. The van der Waals surface area contributed by atoms with Gasteiger partial charge in [0, 0.05) is 44.6 Å². The molecule has 7 nitrogen and oxygen atoms in total. The van der Waals surface area contributed by atoms with E-state index in [4.69, 9.17) is 0 Å². The third-order valence-electron chi connectivity index (χ3n) is 2.15. The van der Waals surface area contributed by atoms with Crippen LogP contribution in [0.3, 0.4) is 0 Å². The first-order valence-corrected chi connectivity index (χ1v) is 7.58. The second-order valence-corrected chi connectivity index (χ2v) is 4.63. The fraction of sp³-hybridized carbons (Fsp3) is 0.500. The molecule has 8 heteroatoms. The number of ether oxygens (including phenoxy) is 1. The van der Waals surface area contributed by atoms with Crippen molar-refractivity contribution in [2.24, 2.45) is 0 Å². The molecule has 4 rings (SSSR count). The zero-order chi connectivity index (χ0) is 14.1. The minimum absolute atomic E-state index is 0.639. The smallest absolute Gasteiger partial charge is 0.157 e. The Labute approximate surface area is 124 Å². The van der Waals surface area contributed by atoms with Crippen molar-refractivity contribution in [1.82, 2.24) is 31.9 Å². The van der Waals surface area contributed by atoms with Crippen LogP contribution in [0, 0.1) is 0 Å². The minimum Gasteiger partial charge on any atom is -0.479 e. The average Bonchev–Trinajstić information content (AvgIpc) is 3.40. The molecule has 1 saturated heterocycles. The maximum absolute atomic E-state index is 4.65. The number of thioether (sulfide) groups is 1. The molecule has 0 unspecified atom stereocenters. The molecule has 0 amide bonds. The summed E-state index contributed by atoms with van der Waals surface area (Å²) in [5.41, 5.74) is 0. The highest BCUT2D eigenvalue weighted by molar-refractivity contribution is 8.02. The van der Waals surface area contributed by atoms with Crippen LogP contribution in [0.4, 0.5) is 0 Å². The largest absolute Gasteiger partial charge is 0.479 e. The van der Waals surface area contributed by atoms with Crippen LogP contribution in [0.5, 0.6) is 0 Å². The molecule has 0 saturated carbocycles. The summed E-state index contributed by atoms with van der Waals surface area (Å²) in [6.45, 7) is 4.81. The fourth-order valence-electron chi connectivity index (χ4n) is 1.22. The number of hydrogen-bond donors (Lipinski definition) is 6. The van der Waals surface area contributed by atoms with Crippen LogP contribution in [0.2, 0.25) is 0 Å². The summed E-state index contributed by atoms with van der Waals surface area (Å²) >= 11 is 1.78. The van der Waals surface area contributed by atoms with Gasteiger partial charge >= 0.3 is 0 Å². The second-order valence-electron chi connectivity index (χ2n) is 3.73. The van der Waals surface area contributed by atoms with E-state index >= 15 is 0 Å². The predicted octanol–water partition coefficient (Wildman–Crippen LogP) is -0.469. The molecule has 0 atom stereocenters. The molecule has 4 aliphatic rings. The van der Waals surface area contributed by atoms with Crippen LogP contribution < -0.4 is 31.9 Å². The maximum atomic E-state index is 4.65. The van der Waals surface area contributed by atoms with Crippen LogP contribution in [0.25, 0.3) is 0 Å². The lowest BCUT2D eigenvalue weighted by molar-refractivity contribution is 0.267. The van der Waals surface area contributed by atoms with Crippen LogP contribution in [-0.2, 0) is 4.74 Å². The molecule has 1 fully saturated rings. The van der Waals surface area contributed by atoms with E-state index in [0.717, 1.165) is 32.3 Å². The maximum Gasteiger partial charge on any atom is 0.157 e. The van der Waals surface area contributed by atoms with E-state index in [9.17, 15) is 0 Å². The SMILES string of the molecule is C1=CNCN1.C1=COCN1.C1=CSCN1.C1CNCN1. The third kappa shape index (κ3) is 11.6. The molecule has 4 aliphatic heterocycles. The van der Waals surface area contributed by atoms with Gasteiger partial charge in [0.25, 0.3) is 0 Å². The Morgan fingerprint density at radius 2 is 1.60 bits per heavy atom. The van der Waals surface area contributed by atoms with Gasteiger partial charge in [-0.15, -0.1) is 11.8 Å². The Bertz CT molecular complexity index is 230. The van der Waals surface area contributed by atoms with Gasteiger partial charge in [0.2, 0.25) is 0 Å². The van der Waals surface area contributed by atoms with Crippen molar-refractivity contribution in [2.45, 2.75) is 0 Å². The Kier molecular flexibility index (Phi) is 11.5. The van der Waals surface area contributed by atoms with Gasteiger partial charge in [-0.25, -0.2) is 0 Å². The molecule has 0 aromatic carbocycles. The summed E-state index contributed by atoms with van der Waals surface area (Å²) in [4.78, 5) is 0. The van der Waals surface area contributed by atoms with Gasteiger partial charge in [-0.3, -0.25) is 0 Å². The van der Waals surface area contributed by atoms with Crippen molar-refractivity contribution in [3.05, 3.63) is 36.5 Å². The zero-order valence-corrected chi connectivity index (χ0v) is 12.3. The first kappa shape index (κ1) is 16.5. The fourth-order valence-corrected chi connectivity index (χ4v) is 1.70. The Balaban J connectivity index is 0.000000133. The summed E-state index contributed by atoms with van der Waals surface area (Å²) in [5.74, 6) is 1.06. The molecule has 114 valence electrons. The van der Waals surface area contributed by atoms with Crippen LogP contribution in [0.1, 0.15) is 0 Å². The van der Waals surface area contributed by atoms with Crippen molar-refractivity contribution < 1.29 is 4.74 Å². The van der Waals surface area contributed by atoms with Crippen LogP contribution >= 0.6 is 11.8 Å². The molecule has 0 aromatic rings. The van der Waals surface area contributed by atoms with Crippen molar-refractivity contribution >= 4 is 11.8 Å². The summed E-state index contributed by atoms with van der Waals surface area (Å²) in [6.07, 6.45) is 9.09. The number of rotatable bonds is 0. The predicted molar refractivity (Wildman–Crippen MR) is 84.1 cm³/mol. The number of nitrogens with one attached hydrogen (secondary N) is 6. The molecule has 0 aliphatic carbocycles. The Morgan fingerprint density at radius 1 is 0.800 bits per heavy atom. The minimum atomic E-state index is 0.639. The van der Waals surface area contributed by atoms with E-state index in [0.29, 0.717) is 6.73 Å². The van der Waals surface area contributed by atoms with Gasteiger partial charge in [-0.2, -0.15) is 0 Å². The lowest BCUT2D eigenvalue weighted by atomic mass is 10.7. The van der Waals surface area contributed by atoms with E-state index in [1.807, 2.05) is 24.0 Å². The van der Waals surface area contributed by atoms with Crippen molar-refractivity contribution in [2.75, 3.05) is 39.0 Å². The second kappa shape index (κ2) is 13.9. The highest BCUT2D eigenvalue weighted by Gasteiger charge is 1.90. The normalized spacial score (nSPS) is 19.6. The first-order valence-electron chi connectivity index (χ1n) is 6.53. The highest BCUT2D eigenvalue weighted by atomic mass is 32.2. The van der Waals surface area contributed by atoms with Gasteiger partial charge < -0.3 is 36.6 Å². The monoisotopic (exact) mass is 300 g/mol. The number of hydrogen-bond acceptors (Lipinski definition) is 8. The standard InChI is InChI=1S/C3H8N2.C3H6N2.C3H5NO.C3H5NS/c4*1-2-5-3-4-1/h4-5H,1-3H2;1-2,4-5H,3H2;2*1-2,4H,3H2. The van der Waals surface area contributed by atoms with Gasteiger partial charge in [-0.1, -0.05) is 0 Å². The molecule has 0 aromatic heterocycles. The van der Waals surface area contributed by atoms with E-state index in [-0.39, 0.29) is 0 Å². The van der Waals surface area contributed by atoms with E-state index in [1.54, 1.807) is 24.2 Å². The molecular weight excluding hydrogens is 276 g/mol. The molecule has 0 radical (unpaired) electrons. The first-order chi connectivity index (χ1) is 10.0. The van der Waals surface area contributed by atoms with E-state index in [2.05, 4.69) is 36.6 Å². The van der Waals surface area contributed by atoms with Crippen molar-refractivity contribution in [3.8, 4) is 0 Å². The van der Waals surface area contributed by atoms with Gasteiger partial charge in [-0.05, 0) is 5.41 Å². The molecular formula is C12H24N6OS. The third-order valence-corrected chi connectivity index (χ3v) is 2.81. The summed E-state index contributed by atoms with van der Waals surface area (Å²) in [7, 11) is 0. The van der Waals surface area contributed by atoms with Crippen LogP contribution in [0.15, 0.2) is 36.5 Å². The Hall–Kier alpha value is -1.51. The van der Waals surface area contributed by atoms with Gasteiger partial charge in [0.1, 0.15) is 6.26 Å². The quantitative estimate of drug-likeness (QED) is 0.358. The highest BCUT2D eigenvalue weighted by Crippen LogP contribution is 2.02. The molecule has 4 heterocycles. The molecule has 0 bridgehead atoms. The van der Waals surface area contributed by atoms with E-state index in [1.165, 1.54) is 0 Å². The zero-order valence-electron chi connectivity index (χ0n) is 11.5. The molecule has 0 spiro atoms. The Morgan fingerprint density at radius 3 is 1.80 bits per heavy atom. The van der Waals surface area contributed by atoms with Crippen LogP contribution in [-0.4, -0.2) is 39.0 Å². The summed E-state index contributed by atoms with van der Waals surface area (Å²) in [5, 5.41) is 19.9. The average molecular weight is 300 g/mol. The lowest BCUT2D eigenvalue weighted by Crippen LogP contribution is -2.11. The van der Waals surface area contributed by atoms with Crippen molar-refractivity contribution in [1.29, 1.82) is 0 Å². The van der Waals surface area contributed by atoms with E-state index < -0.39 is 0 Å². The van der Waals surface area contributed by atoms with Gasteiger partial charge in [0.05, 0.1) is 12.5 Å². The summed E-state index contributed by atoms with van der Waals surface area (Å²) in [6, 6.07) is 0. The summed E-state index contributed by atoms with van der Waals surface area (Å²) < 4.78 is 4.65. The van der Waals surface area contributed by atoms with Crippen molar-refractivity contribution in [3.63, 3.8) is 0 Å². The lowest BCUT2D eigenvalue weighted by Gasteiger charge is -1.82. The molecule has 20 heavy (non-hydrogen) atoms. The van der Waals surface area contributed by atoms with Gasteiger partial charge in [0.15, 0.2) is 6.73 Å². The topological polar surface area (TPSA) is 81.4 Å².